The first kappa shape index (κ1) is 12.5. The second kappa shape index (κ2) is 5.12. The van der Waals surface area contributed by atoms with E-state index in [-0.39, 0.29) is 11.4 Å². The average Bonchev–Trinajstić information content (AvgIpc) is 2.32. The molecule has 1 heterocycles. The number of aromatic nitrogens is 2. The first-order valence-corrected chi connectivity index (χ1v) is 5.97. The van der Waals surface area contributed by atoms with Gasteiger partial charge in [-0.3, -0.25) is 4.79 Å². The SMILES string of the molecule is CCCc1cc(=O)[nH]c(-c2ccc(F)c(C)c2)n1. The van der Waals surface area contributed by atoms with Gasteiger partial charge in [-0.15, -0.1) is 0 Å². The molecule has 2 aromatic rings. The van der Waals surface area contributed by atoms with Gasteiger partial charge in [-0.25, -0.2) is 9.37 Å². The zero-order valence-electron chi connectivity index (χ0n) is 10.5. The van der Waals surface area contributed by atoms with E-state index in [1.54, 1.807) is 19.1 Å². The van der Waals surface area contributed by atoms with Crippen molar-refractivity contribution in [3.8, 4) is 11.4 Å². The molecule has 0 atom stereocenters. The van der Waals surface area contributed by atoms with Gasteiger partial charge in [0.2, 0.25) is 0 Å². The first-order chi connectivity index (χ1) is 8.60. The van der Waals surface area contributed by atoms with E-state index >= 15 is 0 Å². The molecule has 0 bridgehead atoms. The highest BCUT2D eigenvalue weighted by Gasteiger charge is 2.06. The van der Waals surface area contributed by atoms with Crippen LogP contribution < -0.4 is 5.56 Å². The fraction of sp³-hybridized carbons (Fsp3) is 0.286. The van der Waals surface area contributed by atoms with E-state index < -0.39 is 0 Å². The summed E-state index contributed by atoms with van der Waals surface area (Å²) in [5, 5.41) is 0. The number of benzene rings is 1. The van der Waals surface area contributed by atoms with Crippen LogP contribution in [0.25, 0.3) is 11.4 Å². The van der Waals surface area contributed by atoms with Crippen LogP contribution in [0.4, 0.5) is 4.39 Å². The predicted molar refractivity (Wildman–Crippen MR) is 69.0 cm³/mol. The van der Waals surface area contributed by atoms with E-state index in [1.807, 2.05) is 6.92 Å². The Balaban J connectivity index is 2.49. The van der Waals surface area contributed by atoms with Crippen molar-refractivity contribution in [2.75, 3.05) is 0 Å². The zero-order chi connectivity index (χ0) is 13.1. The van der Waals surface area contributed by atoms with E-state index in [9.17, 15) is 9.18 Å². The lowest BCUT2D eigenvalue weighted by Gasteiger charge is -2.05. The monoisotopic (exact) mass is 246 g/mol. The largest absolute Gasteiger partial charge is 0.307 e. The number of halogens is 1. The number of hydrogen-bond acceptors (Lipinski definition) is 2. The second-order valence-corrected chi connectivity index (χ2v) is 4.30. The number of hydrogen-bond donors (Lipinski definition) is 1. The topological polar surface area (TPSA) is 45.8 Å². The maximum Gasteiger partial charge on any atom is 0.251 e. The Morgan fingerprint density at radius 3 is 2.78 bits per heavy atom. The van der Waals surface area contributed by atoms with Crippen molar-refractivity contribution in [2.24, 2.45) is 0 Å². The molecule has 0 aliphatic carbocycles. The number of aromatic amines is 1. The molecule has 0 saturated heterocycles. The molecule has 18 heavy (non-hydrogen) atoms. The molecule has 0 fully saturated rings. The summed E-state index contributed by atoms with van der Waals surface area (Å²) in [6, 6.07) is 6.19. The van der Waals surface area contributed by atoms with E-state index in [2.05, 4.69) is 9.97 Å². The summed E-state index contributed by atoms with van der Waals surface area (Å²) in [6.45, 7) is 3.72. The smallest absolute Gasteiger partial charge is 0.251 e. The average molecular weight is 246 g/mol. The van der Waals surface area contributed by atoms with Gasteiger partial charge in [0.15, 0.2) is 0 Å². The molecule has 0 spiro atoms. The van der Waals surface area contributed by atoms with Crippen molar-refractivity contribution in [3.05, 3.63) is 51.7 Å². The number of aryl methyl sites for hydroxylation is 2. The fourth-order valence-electron chi connectivity index (χ4n) is 1.82. The molecule has 1 aromatic carbocycles. The Bertz CT molecular complexity index is 619. The van der Waals surface area contributed by atoms with E-state index in [0.717, 1.165) is 24.1 Å². The van der Waals surface area contributed by atoms with Gasteiger partial charge >= 0.3 is 0 Å². The highest BCUT2D eigenvalue weighted by molar-refractivity contribution is 5.56. The Morgan fingerprint density at radius 1 is 1.33 bits per heavy atom. The number of H-pyrrole nitrogens is 1. The van der Waals surface area contributed by atoms with Crippen molar-refractivity contribution in [3.63, 3.8) is 0 Å². The normalized spacial score (nSPS) is 10.6. The molecule has 0 saturated carbocycles. The molecule has 0 amide bonds. The van der Waals surface area contributed by atoms with Crippen LogP contribution in [0.15, 0.2) is 29.1 Å². The van der Waals surface area contributed by atoms with Gasteiger partial charge < -0.3 is 4.98 Å². The van der Waals surface area contributed by atoms with Crippen LogP contribution >= 0.6 is 0 Å². The standard InChI is InChI=1S/C14H15FN2O/c1-3-4-11-8-13(18)17-14(16-11)10-5-6-12(15)9(2)7-10/h5-8H,3-4H2,1-2H3,(H,16,17,18). The Kier molecular flexibility index (Phi) is 3.55. The number of rotatable bonds is 3. The lowest BCUT2D eigenvalue weighted by atomic mass is 10.1. The minimum Gasteiger partial charge on any atom is -0.307 e. The maximum atomic E-state index is 13.2. The molecule has 4 heteroatoms. The third-order valence-electron chi connectivity index (χ3n) is 2.73. The van der Waals surface area contributed by atoms with Crippen LogP contribution in [0, 0.1) is 12.7 Å². The molecule has 0 radical (unpaired) electrons. The fourth-order valence-corrected chi connectivity index (χ4v) is 1.82. The minimum atomic E-state index is -0.259. The maximum absolute atomic E-state index is 13.2. The van der Waals surface area contributed by atoms with Gasteiger partial charge in [0.1, 0.15) is 11.6 Å². The second-order valence-electron chi connectivity index (χ2n) is 4.30. The lowest BCUT2D eigenvalue weighted by molar-refractivity contribution is 0.618. The van der Waals surface area contributed by atoms with Crippen molar-refractivity contribution in [1.82, 2.24) is 9.97 Å². The molecule has 2 rings (SSSR count). The van der Waals surface area contributed by atoms with Crippen LogP contribution in [0.2, 0.25) is 0 Å². The third kappa shape index (κ3) is 2.64. The van der Waals surface area contributed by atoms with Crippen molar-refractivity contribution in [2.45, 2.75) is 26.7 Å². The molecule has 3 nitrogen and oxygen atoms in total. The summed E-state index contributed by atoms with van der Waals surface area (Å²) in [6.07, 6.45) is 1.69. The molecule has 94 valence electrons. The van der Waals surface area contributed by atoms with Crippen LogP contribution in [-0.4, -0.2) is 9.97 Å². The van der Waals surface area contributed by atoms with E-state index in [1.165, 1.54) is 12.1 Å². The van der Waals surface area contributed by atoms with E-state index in [4.69, 9.17) is 0 Å². The molecule has 1 N–H and O–H groups in total. The number of nitrogens with one attached hydrogen (secondary N) is 1. The van der Waals surface area contributed by atoms with Gasteiger partial charge in [-0.05, 0) is 37.1 Å². The summed E-state index contributed by atoms with van der Waals surface area (Å²) in [4.78, 5) is 18.6. The van der Waals surface area contributed by atoms with Crippen molar-refractivity contribution in [1.29, 1.82) is 0 Å². The van der Waals surface area contributed by atoms with Crippen LogP contribution in [0.1, 0.15) is 24.6 Å². The summed E-state index contributed by atoms with van der Waals surface area (Å²) in [5.41, 5.74) is 1.85. The molecular formula is C14H15FN2O. The minimum absolute atomic E-state index is 0.176. The summed E-state index contributed by atoms with van der Waals surface area (Å²) in [5.74, 6) is 0.236. The van der Waals surface area contributed by atoms with Crippen LogP contribution in [0.3, 0.4) is 0 Å². The lowest BCUT2D eigenvalue weighted by Crippen LogP contribution is -2.10. The first-order valence-electron chi connectivity index (χ1n) is 5.97. The number of nitrogens with zero attached hydrogens (tertiary/aromatic N) is 1. The van der Waals surface area contributed by atoms with Crippen LogP contribution in [-0.2, 0) is 6.42 Å². The van der Waals surface area contributed by atoms with E-state index in [0.29, 0.717) is 11.4 Å². The molecule has 0 unspecified atom stereocenters. The summed E-state index contributed by atoms with van der Waals surface area (Å²) in [7, 11) is 0. The van der Waals surface area contributed by atoms with Crippen molar-refractivity contribution < 1.29 is 4.39 Å². The van der Waals surface area contributed by atoms with Gasteiger partial charge in [0.25, 0.3) is 5.56 Å². The summed E-state index contributed by atoms with van der Waals surface area (Å²) < 4.78 is 13.2. The van der Waals surface area contributed by atoms with Gasteiger partial charge in [-0.2, -0.15) is 0 Å². The Morgan fingerprint density at radius 2 is 2.11 bits per heavy atom. The molecule has 1 aromatic heterocycles. The van der Waals surface area contributed by atoms with Gasteiger partial charge in [-0.1, -0.05) is 13.3 Å². The van der Waals surface area contributed by atoms with Crippen LogP contribution in [0.5, 0.6) is 0 Å². The highest BCUT2D eigenvalue weighted by atomic mass is 19.1. The van der Waals surface area contributed by atoms with Gasteiger partial charge in [0, 0.05) is 17.3 Å². The molecular weight excluding hydrogens is 231 g/mol. The third-order valence-corrected chi connectivity index (χ3v) is 2.73. The highest BCUT2D eigenvalue weighted by Crippen LogP contribution is 2.17. The Hall–Kier alpha value is -1.97. The summed E-state index contributed by atoms with van der Waals surface area (Å²) >= 11 is 0. The molecule has 0 aliphatic rings. The Labute approximate surface area is 105 Å². The quantitative estimate of drug-likeness (QED) is 0.905. The molecule has 0 aliphatic heterocycles. The van der Waals surface area contributed by atoms with Crippen molar-refractivity contribution >= 4 is 0 Å². The predicted octanol–water partition coefficient (Wildman–Crippen LogP) is 2.84. The van der Waals surface area contributed by atoms with Gasteiger partial charge in [0.05, 0.1) is 0 Å². The zero-order valence-corrected chi connectivity index (χ0v) is 10.5.